The van der Waals surface area contributed by atoms with E-state index in [9.17, 15) is 18.0 Å². The van der Waals surface area contributed by atoms with Gasteiger partial charge in [0.15, 0.2) is 5.78 Å². The van der Waals surface area contributed by atoms with Crippen LogP contribution in [0.15, 0.2) is 75.7 Å². The lowest BCUT2D eigenvalue weighted by molar-refractivity contribution is -0.115. The molecule has 1 amide bonds. The van der Waals surface area contributed by atoms with Gasteiger partial charge in [-0.2, -0.15) is 8.42 Å². The maximum Gasteiger partial charge on any atom is 0.285 e. The van der Waals surface area contributed by atoms with E-state index >= 15 is 0 Å². The van der Waals surface area contributed by atoms with Gasteiger partial charge >= 0.3 is 0 Å². The van der Waals surface area contributed by atoms with Crippen LogP contribution in [0.1, 0.15) is 10.4 Å². The Bertz CT molecular complexity index is 1030. The predicted octanol–water partition coefficient (Wildman–Crippen LogP) is 0.800. The van der Waals surface area contributed by atoms with Crippen LogP contribution in [0.2, 0.25) is 0 Å². The summed E-state index contributed by atoms with van der Waals surface area (Å²) in [5.74, 6) is -1.33. The number of carbonyl (C=O) groups excluding carboxylic acids is 2. The first-order valence-electron chi connectivity index (χ1n) is 7.45. The lowest BCUT2D eigenvalue weighted by atomic mass is 10.1. The number of nitrogens with zero attached hydrogens (tertiary/aromatic N) is 1. The number of nitrogens with one attached hydrogen (secondary N) is 2. The molecule has 0 aromatic heterocycles. The summed E-state index contributed by atoms with van der Waals surface area (Å²) >= 11 is 0. The van der Waals surface area contributed by atoms with E-state index < -0.39 is 21.7 Å². The maximum atomic E-state index is 12.3. The molecule has 0 spiro atoms. The molecule has 0 unspecified atom stereocenters. The van der Waals surface area contributed by atoms with Crippen molar-refractivity contribution in [1.29, 1.82) is 0 Å². The molecule has 0 atom stereocenters. The molecule has 2 aromatic carbocycles. The fourth-order valence-corrected chi connectivity index (χ4v) is 3.08. The summed E-state index contributed by atoms with van der Waals surface area (Å²) in [6, 6.07) is 13.8. The Morgan fingerprint density at radius 3 is 2.31 bits per heavy atom. The minimum absolute atomic E-state index is 0.0759. The zero-order chi connectivity index (χ0) is 18.7. The zero-order valence-corrected chi connectivity index (χ0v) is 14.2. The summed E-state index contributed by atoms with van der Waals surface area (Å²) in [6.45, 7) is 0. The minimum atomic E-state index is -4.04. The first-order chi connectivity index (χ1) is 12.3. The summed E-state index contributed by atoms with van der Waals surface area (Å²) in [4.78, 5) is 24.0. The summed E-state index contributed by atoms with van der Waals surface area (Å²) in [7, 11) is -4.04. The van der Waals surface area contributed by atoms with Gasteiger partial charge in [-0.25, -0.2) is 0 Å². The molecule has 0 radical (unpaired) electrons. The molecule has 0 bridgehead atoms. The fourth-order valence-electron chi connectivity index (χ4n) is 2.17. The van der Waals surface area contributed by atoms with Crippen molar-refractivity contribution in [3.63, 3.8) is 0 Å². The third kappa shape index (κ3) is 3.78. The quantitative estimate of drug-likeness (QED) is 0.414. The van der Waals surface area contributed by atoms with Crippen LogP contribution in [0.3, 0.4) is 0 Å². The number of amides is 1. The molecule has 4 N–H and O–H groups in total. The molecule has 1 saturated heterocycles. The summed E-state index contributed by atoms with van der Waals surface area (Å²) in [6.07, 6.45) is 1.09. The lowest BCUT2D eigenvalue weighted by Crippen LogP contribution is -2.26. The van der Waals surface area contributed by atoms with Gasteiger partial charge in [-0.1, -0.05) is 30.3 Å². The van der Waals surface area contributed by atoms with Crippen molar-refractivity contribution in [2.75, 3.05) is 5.73 Å². The van der Waals surface area contributed by atoms with Gasteiger partial charge in [-0.3, -0.25) is 14.9 Å². The van der Waals surface area contributed by atoms with Crippen LogP contribution in [0.5, 0.6) is 0 Å². The number of guanidine groups is 1. The number of nitrogens with two attached hydrogens (primary N) is 1. The molecule has 132 valence electrons. The first kappa shape index (κ1) is 17.4. The van der Waals surface area contributed by atoms with Crippen LogP contribution < -0.4 is 16.4 Å². The molecule has 0 saturated carbocycles. The Morgan fingerprint density at radius 2 is 1.65 bits per heavy atom. The van der Waals surface area contributed by atoms with Crippen LogP contribution in [-0.4, -0.2) is 26.1 Å². The number of carbonyl (C=O) groups is 2. The Balaban J connectivity index is 1.83. The molecule has 26 heavy (non-hydrogen) atoms. The number of rotatable bonds is 4. The zero-order valence-electron chi connectivity index (χ0n) is 13.3. The van der Waals surface area contributed by atoms with Gasteiger partial charge in [-0.05, 0) is 24.3 Å². The van der Waals surface area contributed by atoms with Gasteiger partial charge in [-0.15, -0.1) is 4.40 Å². The van der Waals surface area contributed by atoms with Gasteiger partial charge in [0.05, 0.1) is 4.90 Å². The van der Waals surface area contributed by atoms with Crippen molar-refractivity contribution in [2.24, 2.45) is 4.40 Å². The van der Waals surface area contributed by atoms with Gasteiger partial charge in [0.2, 0.25) is 5.96 Å². The van der Waals surface area contributed by atoms with E-state index in [2.05, 4.69) is 15.0 Å². The molecule has 8 nitrogen and oxygen atoms in total. The highest BCUT2D eigenvalue weighted by atomic mass is 32.2. The molecule has 1 fully saturated rings. The molecule has 9 heteroatoms. The third-order valence-corrected chi connectivity index (χ3v) is 4.74. The van der Waals surface area contributed by atoms with Gasteiger partial charge in [0.1, 0.15) is 5.70 Å². The minimum Gasteiger partial charge on any atom is -0.399 e. The number of sulfonamides is 1. The second kappa shape index (κ2) is 6.81. The smallest absolute Gasteiger partial charge is 0.285 e. The van der Waals surface area contributed by atoms with Crippen LogP contribution in [-0.2, 0) is 14.8 Å². The Morgan fingerprint density at radius 1 is 1.00 bits per heavy atom. The normalized spacial score (nSPS) is 17.2. The second-order valence-corrected chi connectivity index (χ2v) is 6.96. The number of nitrogen functional groups attached to an aromatic ring is 1. The standard InChI is InChI=1S/C17H14N4O4S/c18-12-6-8-13(9-7-12)26(24,25)21-17-19-14(16(23)20-17)10-15(22)11-4-2-1-3-5-11/h1-10H,18H2,(H2,19,20,21,23)/b14-10-. The second-order valence-electron chi connectivity index (χ2n) is 5.35. The summed E-state index contributed by atoms with van der Waals surface area (Å²) in [5.41, 5.74) is 6.24. The SMILES string of the molecule is Nc1ccc(S(=O)(=O)/N=C2\NC(=O)/C(=C/C(=O)c3ccccc3)N2)cc1. The largest absolute Gasteiger partial charge is 0.399 e. The Hall–Kier alpha value is -3.46. The van der Waals surface area contributed by atoms with Crippen LogP contribution >= 0.6 is 0 Å². The van der Waals surface area contributed by atoms with Gasteiger partial charge in [0, 0.05) is 17.3 Å². The Labute approximate surface area is 149 Å². The first-order valence-corrected chi connectivity index (χ1v) is 8.89. The molecule has 0 aliphatic carbocycles. The molecular formula is C17H14N4O4S. The fraction of sp³-hybridized carbons (Fsp3) is 0. The van der Waals surface area contributed by atoms with Crippen LogP contribution in [0, 0.1) is 0 Å². The highest BCUT2D eigenvalue weighted by Crippen LogP contribution is 2.15. The van der Waals surface area contributed by atoms with Gasteiger partial charge in [0.25, 0.3) is 15.9 Å². The van der Waals surface area contributed by atoms with Crippen molar-refractivity contribution in [2.45, 2.75) is 4.90 Å². The molecule has 2 aromatic rings. The van der Waals surface area contributed by atoms with Crippen LogP contribution in [0.4, 0.5) is 5.69 Å². The van der Waals surface area contributed by atoms with E-state index in [-0.39, 0.29) is 16.6 Å². The summed E-state index contributed by atoms with van der Waals surface area (Å²) in [5, 5.41) is 4.78. The van der Waals surface area contributed by atoms with Crippen molar-refractivity contribution >= 4 is 33.4 Å². The topological polar surface area (TPSA) is 131 Å². The molecule has 1 aliphatic rings. The van der Waals surface area contributed by atoms with Crippen LogP contribution in [0.25, 0.3) is 0 Å². The number of anilines is 1. The molecule has 1 aliphatic heterocycles. The number of allylic oxidation sites excluding steroid dienone is 1. The average molecular weight is 370 g/mol. The average Bonchev–Trinajstić information content (AvgIpc) is 2.94. The number of hydrogen-bond donors (Lipinski definition) is 3. The molecular weight excluding hydrogens is 356 g/mol. The maximum absolute atomic E-state index is 12.3. The monoisotopic (exact) mass is 370 g/mol. The van der Waals surface area contributed by atoms with E-state index in [0.29, 0.717) is 11.3 Å². The number of ketones is 1. The lowest BCUT2D eigenvalue weighted by Gasteiger charge is -2.01. The van der Waals surface area contributed by atoms with E-state index in [0.717, 1.165) is 6.08 Å². The number of hydrogen-bond acceptors (Lipinski definition) is 5. The van der Waals surface area contributed by atoms with Crippen molar-refractivity contribution in [1.82, 2.24) is 10.6 Å². The van der Waals surface area contributed by atoms with E-state index in [4.69, 9.17) is 5.73 Å². The van der Waals surface area contributed by atoms with E-state index in [1.165, 1.54) is 24.3 Å². The third-order valence-electron chi connectivity index (χ3n) is 3.45. The van der Waals surface area contributed by atoms with Crippen molar-refractivity contribution in [3.05, 3.63) is 71.9 Å². The molecule has 1 heterocycles. The predicted molar refractivity (Wildman–Crippen MR) is 95.6 cm³/mol. The van der Waals surface area contributed by atoms with Crippen molar-refractivity contribution in [3.8, 4) is 0 Å². The van der Waals surface area contributed by atoms with E-state index in [1.807, 2.05) is 0 Å². The summed E-state index contributed by atoms with van der Waals surface area (Å²) < 4.78 is 28.0. The van der Waals surface area contributed by atoms with Crippen molar-refractivity contribution < 1.29 is 18.0 Å². The highest BCUT2D eigenvalue weighted by Gasteiger charge is 2.25. The molecule has 3 rings (SSSR count). The number of benzene rings is 2. The highest BCUT2D eigenvalue weighted by molar-refractivity contribution is 7.90. The van der Waals surface area contributed by atoms with Gasteiger partial charge < -0.3 is 11.1 Å². The van der Waals surface area contributed by atoms with E-state index in [1.54, 1.807) is 30.3 Å². The Kier molecular flexibility index (Phi) is 4.55.